The van der Waals surface area contributed by atoms with Crippen LogP contribution in [0.1, 0.15) is 20.3 Å². The van der Waals surface area contributed by atoms with Crippen LogP contribution >= 0.6 is 0 Å². The van der Waals surface area contributed by atoms with E-state index in [1.165, 1.54) is 0 Å². The number of allylic oxidation sites excluding steroid dienone is 1. The van der Waals surface area contributed by atoms with E-state index in [2.05, 4.69) is 13.8 Å². The predicted octanol–water partition coefficient (Wildman–Crippen LogP) is 1.15. The van der Waals surface area contributed by atoms with Crippen LogP contribution in [0.25, 0.3) is 0 Å². The summed E-state index contributed by atoms with van der Waals surface area (Å²) in [6.45, 7) is 4.28. The van der Waals surface area contributed by atoms with Crippen LogP contribution in [0.2, 0.25) is 0 Å². The first-order valence-electron chi connectivity index (χ1n) is 4.42. The maximum atomic E-state index is 11.4. The Morgan fingerprint density at radius 3 is 2.67 bits per heavy atom. The van der Waals surface area contributed by atoms with Gasteiger partial charge in [-0.3, -0.25) is 4.79 Å². The second-order valence-corrected chi connectivity index (χ2v) is 4.44. The highest BCUT2D eigenvalue weighted by Crippen LogP contribution is 2.57. The standard InChI is InChI=1S/C10H14O2/c1-10(2)7-4-8(10)9(12)3-6(7)5-11/h3,7-8,11H,4-5H2,1-2H3/t7-,8-/m1/s1. The lowest BCUT2D eigenvalue weighted by Gasteiger charge is -2.54. The van der Waals surface area contributed by atoms with Gasteiger partial charge in [0.1, 0.15) is 0 Å². The normalized spacial score (nSPS) is 37.2. The molecule has 0 saturated heterocycles. The van der Waals surface area contributed by atoms with E-state index in [9.17, 15) is 4.79 Å². The zero-order chi connectivity index (χ0) is 8.93. The molecular weight excluding hydrogens is 152 g/mol. The van der Waals surface area contributed by atoms with E-state index in [0.29, 0.717) is 5.92 Å². The lowest BCUT2D eigenvalue weighted by molar-refractivity contribution is -0.134. The van der Waals surface area contributed by atoms with Crippen molar-refractivity contribution in [3.05, 3.63) is 11.6 Å². The molecule has 66 valence electrons. The van der Waals surface area contributed by atoms with Gasteiger partial charge in [-0.2, -0.15) is 0 Å². The van der Waals surface area contributed by atoms with Crippen molar-refractivity contribution >= 4 is 5.78 Å². The summed E-state index contributed by atoms with van der Waals surface area (Å²) in [6, 6.07) is 0. The largest absolute Gasteiger partial charge is 0.392 e. The summed E-state index contributed by atoms with van der Waals surface area (Å²) in [5.41, 5.74) is 1.04. The summed E-state index contributed by atoms with van der Waals surface area (Å²) in [6.07, 6.45) is 2.60. The Balaban J connectivity index is 2.36. The lowest BCUT2D eigenvalue weighted by Crippen LogP contribution is -2.52. The van der Waals surface area contributed by atoms with Crippen molar-refractivity contribution in [3.8, 4) is 0 Å². The summed E-state index contributed by atoms with van der Waals surface area (Å²) in [4.78, 5) is 11.4. The van der Waals surface area contributed by atoms with Crippen LogP contribution in [0.3, 0.4) is 0 Å². The van der Waals surface area contributed by atoms with E-state index < -0.39 is 0 Å². The molecule has 2 bridgehead atoms. The molecule has 1 fully saturated rings. The minimum atomic E-state index is 0.0482. The van der Waals surface area contributed by atoms with Crippen molar-refractivity contribution in [1.29, 1.82) is 0 Å². The maximum Gasteiger partial charge on any atom is 0.159 e. The molecule has 0 aliphatic heterocycles. The van der Waals surface area contributed by atoms with Crippen LogP contribution in [0.5, 0.6) is 0 Å². The van der Waals surface area contributed by atoms with Crippen LogP contribution in [0.4, 0.5) is 0 Å². The predicted molar refractivity (Wildman–Crippen MR) is 45.6 cm³/mol. The Kier molecular flexibility index (Phi) is 1.46. The van der Waals surface area contributed by atoms with Gasteiger partial charge in [0, 0.05) is 5.92 Å². The van der Waals surface area contributed by atoms with Gasteiger partial charge in [-0.05, 0) is 29.4 Å². The second kappa shape index (κ2) is 2.19. The average Bonchev–Trinajstić information content (AvgIpc) is 2.02. The number of carbonyl (C=O) groups is 1. The lowest BCUT2D eigenvalue weighted by atomic mass is 9.48. The molecule has 2 atom stereocenters. The number of fused-ring (bicyclic) bond motifs is 1. The fourth-order valence-electron chi connectivity index (χ4n) is 2.58. The molecule has 2 heteroatoms. The molecular formula is C10H14O2. The smallest absolute Gasteiger partial charge is 0.159 e. The summed E-state index contributed by atoms with van der Waals surface area (Å²) >= 11 is 0. The Bertz CT molecular complexity index is 263. The first-order chi connectivity index (χ1) is 5.57. The minimum Gasteiger partial charge on any atom is -0.392 e. The second-order valence-electron chi connectivity index (χ2n) is 4.44. The van der Waals surface area contributed by atoms with Crippen molar-refractivity contribution in [2.45, 2.75) is 20.3 Å². The number of hydrogen-bond donors (Lipinski definition) is 1. The Morgan fingerprint density at radius 2 is 2.25 bits per heavy atom. The van der Waals surface area contributed by atoms with Crippen LogP contribution in [-0.4, -0.2) is 17.5 Å². The topological polar surface area (TPSA) is 37.3 Å². The van der Waals surface area contributed by atoms with E-state index in [0.717, 1.165) is 12.0 Å². The summed E-state index contributed by atoms with van der Waals surface area (Å²) < 4.78 is 0. The molecule has 0 amide bonds. The van der Waals surface area contributed by atoms with E-state index in [1.54, 1.807) is 6.08 Å². The van der Waals surface area contributed by atoms with Gasteiger partial charge in [0.2, 0.25) is 0 Å². The highest BCUT2D eigenvalue weighted by molar-refractivity contribution is 5.96. The number of aliphatic hydroxyl groups is 1. The Hall–Kier alpha value is -0.630. The fourth-order valence-corrected chi connectivity index (χ4v) is 2.58. The molecule has 0 radical (unpaired) electrons. The van der Waals surface area contributed by atoms with Gasteiger partial charge in [-0.1, -0.05) is 13.8 Å². The highest BCUT2D eigenvalue weighted by atomic mass is 16.3. The maximum absolute atomic E-state index is 11.4. The van der Waals surface area contributed by atoms with Crippen molar-refractivity contribution < 1.29 is 9.90 Å². The van der Waals surface area contributed by atoms with Gasteiger partial charge in [0.15, 0.2) is 5.78 Å². The first-order valence-corrected chi connectivity index (χ1v) is 4.42. The van der Waals surface area contributed by atoms with Crippen LogP contribution in [0.15, 0.2) is 11.6 Å². The number of carbonyl (C=O) groups excluding carboxylic acids is 1. The van der Waals surface area contributed by atoms with Crippen LogP contribution in [-0.2, 0) is 4.79 Å². The summed E-state index contributed by atoms with van der Waals surface area (Å²) in [5, 5.41) is 9.02. The van der Waals surface area contributed by atoms with Gasteiger partial charge in [-0.25, -0.2) is 0 Å². The third-order valence-corrected chi connectivity index (χ3v) is 3.57. The number of rotatable bonds is 1. The molecule has 1 saturated carbocycles. The molecule has 0 heterocycles. The molecule has 0 aromatic rings. The Labute approximate surface area is 72.3 Å². The summed E-state index contributed by atoms with van der Waals surface area (Å²) in [7, 11) is 0. The molecule has 3 aliphatic carbocycles. The molecule has 0 aromatic carbocycles. The minimum absolute atomic E-state index is 0.0482. The van der Waals surface area contributed by atoms with Crippen LogP contribution < -0.4 is 0 Å². The number of aliphatic hydroxyl groups excluding tert-OH is 1. The van der Waals surface area contributed by atoms with E-state index >= 15 is 0 Å². The van der Waals surface area contributed by atoms with Gasteiger partial charge in [0.25, 0.3) is 0 Å². The SMILES string of the molecule is CC1(C)[C@@H]2C[C@@H]1C(CO)=CC2=O. The van der Waals surface area contributed by atoms with E-state index in [1.807, 2.05) is 0 Å². The molecule has 0 aromatic heterocycles. The fraction of sp³-hybridized carbons (Fsp3) is 0.700. The van der Waals surface area contributed by atoms with Crippen LogP contribution in [0, 0.1) is 17.3 Å². The molecule has 1 N–H and O–H groups in total. The Morgan fingerprint density at radius 1 is 1.58 bits per heavy atom. The van der Waals surface area contributed by atoms with Gasteiger partial charge >= 0.3 is 0 Å². The van der Waals surface area contributed by atoms with Crippen molar-refractivity contribution in [1.82, 2.24) is 0 Å². The van der Waals surface area contributed by atoms with Gasteiger partial charge in [-0.15, -0.1) is 0 Å². The molecule has 3 rings (SSSR count). The molecule has 12 heavy (non-hydrogen) atoms. The third kappa shape index (κ3) is 0.761. The van der Waals surface area contributed by atoms with Gasteiger partial charge < -0.3 is 5.11 Å². The third-order valence-electron chi connectivity index (χ3n) is 3.57. The first kappa shape index (κ1) is 7.99. The average molecular weight is 166 g/mol. The zero-order valence-corrected chi connectivity index (χ0v) is 7.50. The monoisotopic (exact) mass is 166 g/mol. The van der Waals surface area contributed by atoms with E-state index in [4.69, 9.17) is 5.11 Å². The van der Waals surface area contributed by atoms with Crippen molar-refractivity contribution in [2.24, 2.45) is 17.3 Å². The quantitative estimate of drug-likeness (QED) is 0.634. The van der Waals surface area contributed by atoms with Gasteiger partial charge in [0.05, 0.1) is 6.61 Å². The zero-order valence-electron chi connectivity index (χ0n) is 7.50. The molecule has 2 nitrogen and oxygen atoms in total. The van der Waals surface area contributed by atoms with E-state index in [-0.39, 0.29) is 23.7 Å². The molecule has 3 aliphatic rings. The number of hydrogen-bond acceptors (Lipinski definition) is 2. The highest BCUT2D eigenvalue weighted by Gasteiger charge is 2.54. The van der Waals surface area contributed by atoms with Crippen molar-refractivity contribution in [2.75, 3.05) is 6.61 Å². The summed E-state index contributed by atoms with van der Waals surface area (Å²) in [5.74, 6) is 0.884. The van der Waals surface area contributed by atoms with Crippen molar-refractivity contribution in [3.63, 3.8) is 0 Å². The molecule has 0 unspecified atom stereocenters. The molecule has 0 spiro atoms. The number of ketones is 1.